The minimum Gasteiger partial charge on any atom is -0.326 e. The predicted octanol–water partition coefficient (Wildman–Crippen LogP) is 4.90. The number of hydrogen-bond donors (Lipinski definition) is 1. The van der Waals surface area contributed by atoms with Crippen LogP contribution >= 0.6 is 23.2 Å². The summed E-state index contributed by atoms with van der Waals surface area (Å²) in [7, 11) is 0. The first kappa shape index (κ1) is 16.5. The number of carbonyl (C=O) groups excluding carboxylic acids is 2. The van der Waals surface area contributed by atoms with Gasteiger partial charge in [-0.25, -0.2) is 0 Å². The second kappa shape index (κ2) is 7.43. The lowest BCUT2D eigenvalue weighted by molar-refractivity contribution is -0.116. The van der Waals surface area contributed by atoms with E-state index < -0.39 is 0 Å². The molecule has 0 radical (unpaired) electrons. The van der Waals surface area contributed by atoms with Gasteiger partial charge in [0.25, 0.3) is 0 Å². The van der Waals surface area contributed by atoms with Gasteiger partial charge >= 0.3 is 0 Å². The van der Waals surface area contributed by atoms with Crippen LogP contribution in [-0.2, 0) is 4.79 Å². The topological polar surface area (TPSA) is 46.2 Å². The van der Waals surface area contributed by atoms with E-state index in [2.05, 4.69) is 5.32 Å². The predicted molar refractivity (Wildman–Crippen MR) is 89.8 cm³/mol. The fourth-order valence-corrected chi connectivity index (χ4v) is 2.26. The molecule has 2 rings (SSSR count). The molecule has 0 aliphatic rings. The Morgan fingerprint density at radius 1 is 1.00 bits per heavy atom. The van der Waals surface area contributed by atoms with E-state index in [1.165, 1.54) is 0 Å². The summed E-state index contributed by atoms with van der Waals surface area (Å²) in [6.07, 6.45) is 0.264. The number of rotatable bonds is 5. The van der Waals surface area contributed by atoms with E-state index in [9.17, 15) is 9.59 Å². The lowest BCUT2D eigenvalue weighted by Gasteiger charge is -2.09. The molecule has 0 bridgehead atoms. The molecule has 2 aromatic rings. The third-order valence-electron chi connectivity index (χ3n) is 3.29. The SMILES string of the molecule is Cc1c(Cl)cccc1NC(=O)CCC(=O)c1ccc(Cl)cc1. The Kier molecular flexibility index (Phi) is 5.58. The Hall–Kier alpha value is -1.84. The normalized spacial score (nSPS) is 10.3. The first-order valence-corrected chi connectivity index (χ1v) is 7.56. The molecule has 114 valence electrons. The van der Waals surface area contributed by atoms with Crippen LogP contribution in [0.2, 0.25) is 10.0 Å². The molecule has 0 aromatic heterocycles. The van der Waals surface area contributed by atoms with Gasteiger partial charge in [0.15, 0.2) is 5.78 Å². The van der Waals surface area contributed by atoms with E-state index in [0.717, 1.165) is 5.56 Å². The Morgan fingerprint density at radius 3 is 2.36 bits per heavy atom. The molecule has 1 amide bonds. The molecule has 3 nitrogen and oxygen atoms in total. The zero-order valence-electron chi connectivity index (χ0n) is 12.0. The molecule has 0 aliphatic heterocycles. The summed E-state index contributed by atoms with van der Waals surface area (Å²) >= 11 is 11.8. The van der Waals surface area contributed by atoms with Crippen molar-refractivity contribution in [1.82, 2.24) is 0 Å². The highest BCUT2D eigenvalue weighted by molar-refractivity contribution is 6.31. The Balaban J connectivity index is 1.91. The summed E-state index contributed by atoms with van der Waals surface area (Å²) in [5, 5.41) is 3.94. The van der Waals surface area contributed by atoms with Gasteiger partial charge in [-0.15, -0.1) is 0 Å². The maximum Gasteiger partial charge on any atom is 0.224 e. The minimum absolute atomic E-state index is 0.0883. The van der Waals surface area contributed by atoms with E-state index in [1.807, 2.05) is 6.92 Å². The van der Waals surface area contributed by atoms with Gasteiger partial charge < -0.3 is 5.32 Å². The molecule has 2 aromatic carbocycles. The van der Waals surface area contributed by atoms with Crippen molar-refractivity contribution in [1.29, 1.82) is 0 Å². The van der Waals surface area contributed by atoms with Crippen molar-refractivity contribution >= 4 is 40.6 Å². The van der Waals surface area contributed by atoms with E-state index in [1.54, 1.807) is 42.5 Å². The van der Waals surface area contributed by atoms with Gasteiger partial charge in [0.2, 0.25) is 5.91 Å². The quantitative estimate of drug-likeness (QED) is 0.789. The Labute approximate surface area is 139 Å². The molecular formula is C17H15Cl2NO2. The Morgan fingerprint density at radius 2 is 1.68 bits per heavy atom. The minimum atomic E-state index is -0.215. The molecule has 5 heteroatoms. The fraction of sp³-hybridized carbons (Fsp3) is 0.176. The highest BCUT2D eigenvalue weighted by atomic mass is 35.5. The third-order valence-corrected chi connectivity index (χ3v) is 3.95. The zero-order valence-corrected chi connectivity index (χ0v) is 13.5. The first-order valence-electron chi connectivity index (χ1n) is 6.81. The van der Waals surface area contributed by atoms with Crippen LogP contribution in [0.1, 0.15) is 28.8 Å². The van der Waals surface area contributed by atoms with Crippen LogP contribution in [-0.4, -0.2) is 11.7 Å². The summed E-state index contributed by atoms with van der Waals surface area (Å²) in [5.74, 6) is -0.303. The monoisotopic (exact) mass is 335 g/mol. The van der Waals surface area contributed by atoms with Crippen LogP contribution in [0.4, 0.5) is 5.69 Å². The zero-order chi connectivity index (χ0) is 16.1. The molecule has 0 atom stereocenters. The van der Waals surface area contributed by atoms with Gasteiger partial charge in [0.05, 0.1) is 0 Å². The molecule has 0 aliphatic carbocycles. The number of ketones is 1. The molecule has 0 saturated carbocycles. The number of nitrogens with one attached hydrogen (secondary N) is 1. The van der Waals surface area contributed by atoms with E-state index in [4.69, 9.17) is 23.2 Å². The van der Waals surface area contributed by atoms with Crippen molar-refractivity contribution in [2.45, 2.75) is 19.8 Å². The maximum absolute atomic E-state index is 12.0. The number of hydrogen-bond acceptors (Lipinski definition) is 2. The molecule has 0 fully saturated rings. The largest absolute Gasteiger partial charge is 0.326 e. The smallest absolute Gasteiger partial charge is 0.224 e. The van der Waals surface area contributed by atoms with Gasteiger partial charge in [-0.3, -0.25) is 9.59 Å². The number of benzene rings is 2. The van der Waals surface area contributed by atoms with Crippen molar-refractivity contribution in [2.24, 2.45) is 0 Å². The van der Waals surface area contributed by atoms with Crippen LogP contribution in [0, 0.1) is 6.92 Å². The average Bonchev–Trinajstić information content (AvgIpc) is 2.50. The average molecular weight is 336 g/mol. The highest BCUT2D eigenvalue weighted by Gasteiger charge is 2.11. The first-order chi connectivity index (χ1) is 10.5. The standard InChI is InChI=1S/C17H15Cl2NO2/c1-11-14(19)3-2-4-15(11)20-17(22)10-9-16(21)12-5-7-13(18)8-6-12/h2-8H,9-10H2,1H3,(H,20,22). The van der Waals surface area contributed by atoms with Gasteiger partial charge in [-0.05, 0) is 48.9 Å². The number of Topliss-reactive ketones (excluding diaryl/α,β-unsaturated/α-hetero) is 1. The lowest BCUT2D eigenvalue weighted by atomic mass is 10.1. The van der Waals surface area contributed by atoms with Crippen LogP contribution in [0.3, 0.4) is 0 Å². The summed E-state index contributed by atoms with van der Waals surface area (Å²) < 4.78 is 0. The number of halogens is 2. The highest BCUT2D eigenvalue weighted by Crippen LogP contribution is 2.23. The molecule has 0 heterocycles. The second-order valence-electron chi connectivity index (χ2n) is 4.89. The second-order valence-corrected chi connectivity index (χ2v) is 5.73. The number of amides is 1. The van der Waals surface area contributed by atoms with Crippen LogP contribution in [0.25, 0.3) is 0 Å². The van der Waals surface area contributed by atoms with Gasteiger partial charge in [-0.2, -0.15) is 0 Å². The molecule has 0 unspecified atom stereocenters. The summed E-state index contributed by atoms with van der Waals surface area (Å²) in [6.45, 7) is 1.83. The van der Waals surface area contributed by atoms with E-state index in [-0.39, 0.29) is 24.5 Å². The van der Waals surface area contributed by atoms with Crippen molar-refractivity contribution in [3.05, 3.63) is 63.6 Å². The maximum atomic E-state index is 12.0. The van der Waals surface area contributed by atoms with Gasteiger partial charge in [0.1, 0.15) is 0 Å². The fourth-order valence-electron chi connectivity index (χ4n) is 1.96. The van der Waals surface area contributed by atoms with Crippen LogP contribution < -0.4 is 5.32 Å². The van der Waals surface area contributed by atoms with Crippen molar-refractivity contribution in [3.63, 3.8) is 0 Å². The lowest BCUT2D eigenvalue weighted by Crippen LogP contribution is -2.14. The molecular weight excluding hydrogens is 321 g/mol. The van der Waals surface area contributed by atoms with Crippen molar-refractivity contribution < 1.29 is 9.59 Å². The molecule has 0 saturated heterocycles. The molecule has 0 spiro atoms. The summed E-state index contributed by atoms with van der Waals surface area (Å²) in [6, 6.07) is 11.9. The van der Waals surface area contributed by atoms with E-state index in [0.29, 0.717) is 21.3 Å². The molecule has 1 N–H and O–H groups in total. The van der Waals surface area contributed by atoms with Crippen molar-refractivity contribution in [3.8, 4) is 0 Å². The third kappa shape index (κ3) is 4.33. The van der Waals surface area contributed by atoms with E-state index >= 15 is 0 Å². The molecule has 22 heavy (non-hydrogen) atoms. The Bertz CT molecular complexity index is 696. The van der Waals surface area contributed by atoms with Gasteiger partial charge in [-0.1, -0.05) is 29.3 Å². The van der Waals surface area contributed by atoms with Crippen LogP contribution in [0.15, 0.2) is 42.5 Å². The summed E-state index contributed by atoms with van der Waals surface area (Å²) in [5.41, 5.74) is 2.02. The van der Waals surface area contributed by atoms with Crippen molar-refractivity contribution in [2.75, 3.05) is 5.32 Å². The number of carbonyl (C=O) groups is 2. The van der Waals surface area contributed by atoms with Crippen LogP contribution in [0.5, 0.6) is 0 Å². The number of anilines is 1. The summed E-state index contributed by atoms with van der Waals surface area (Å²) in [4.78, 5) is 23.9. The van der Waals surface area contributed by atoms with Gasteiger partial charge in [0, 0.05) is 34.1 Å².